The quantitative estimate of drug-likeness (QED) is 0.263. The fourth-order valence-corrected chi connectivity index (χ4v) is 2.64. The van der Waals surface area contributed by atoms with Crippen molar-refractivity contribution in [3.05, 3.63) is 22.7 Å². The Morgan fingerprint density at radius 1 is 1.38 bits per heavy atom. The molecule has 0 bridgehead atoms. The molecule has 5 atom stereocenters. The van der Waals surface area contributed by atoms with E-state index in [0.717, 1.165) is 11.0 Å². The first-order chi connectivity index (χ1) is 12.4. The SMILES string of the molecule is NCCCC[C@H](N)C(=O)Nc1ccn([C@@H]2O[C@H](CO)[C@@H](O)[C@H]2O)c(=O)n1. The number of nitrogens with two attached hydrogens (primary N) is 2. The second-order valence-corrected chi connectivity index (χ2v) is 6.11. The number of nitrogens with one attached hydrogen (secondary N) is 1. The number of ether oxygens (including phenoxy) is 1. The van der Waals surface area contributed by atoms with Gasteiger partial charge in [-0.2, -0.15) is 4.98 Å². The largest absolute Gasteiger partial charge is 0.394 e. The molecule has 1 amide bonds. The molecule has 0 aliphatic carbocycles. The van der Waals surface area contributed by atoms with Crippen LogP contribution in [0.5, 0.6) is 0 Å². The molecule has 11 nitrogen and oxygen atoms in total. The Morgan fingerprint density at radius 2 is 2.12 bits per heavy atom. The minimum Gasteiger partial charge on any atom is -0.394 e. The molecule has 0 unspecified atom stereocenters. The minimum atomic E-state index is -1.40. The number of aromatic nitrogens is 2. The molecule has 0 aromatic carbocycles. The van der Waals surface area contributed by atoms with Crippen LogP contribution in [0.1, 0.15) is 25.5 Å². The van der Waals surface area contributed by atoms with Gasteiger partial charge < -0.3 is 36.8 Å². The number of rotatable bonds is 8. The van der Waals surface area contributed by atoms with Gasteiger partial charge in [0.2, 0.25) is 5.91 Å². The fourth-order valence-electron chi connectivity index (χ4n) is 2.64. The van der Waals surface area contributed by atoms with Crippen molar-refractivity contribution < 1.29 is 24.9 Å². The topological polar surface area (TPSA) is 186 Å². The first-order valence-corrected chi connectivity index (χ1v) is 8.37. The summed E-state index contributed by atoms with van der Waals surface area (Å²) in [6, 6.07) is 0.604. The third-order valence-corrected chi connectivity index (χ3v) is 4.18. The van der Waals surface area contributed by atoms with Crippen molar-refractivity contribution in [2.75, 3.05) is 18.5 Å². The third-order valence-electron chi connectivity index (χ3n) is 4.18. The van der Waals surface area contributed by atoms with Gasteiger partial charge in [0.15, 0.2) is 6.23 Å². The minimum absolute atomic E-state index is 0.0114. The first kappa shape index (κ1) is 20.4. The van der Waals surface area contributed by atoms with Crippen LogP contribution in [0.25, 0.3) is 0 Å². The molecule has 11 heteroatoms. The van der Waals surface area contributed by atoms with E-state index < -0.39 is 48.8 Å². The van der Waals surface area contributed by atoms with Crippen LogP contribution in [-0.2, 0) is 9.53 Å². The van der Waals surface area contributed by atoms with E-state index in [1.807, 2.05) is 0 Å². The van der Waals surface area contributed by atoms with Gasteiger partial charge in [-0.15, -0.1) is 0 Å². The normalized spacial score (nSPS) is 26.7. The van der Waals surface area contributed by atoms with Crippen molar-refractivity contribution in [1.29, 1.82) is 0 Å². The zero-order chi connectivity index (χ0) is 19.3. The van der Waals surface area contributed by atoms with E-state index in [1.54, 1.807) is 0 Å². The highest BCUT2D eigenvalue weighted by Crippen LogP contribution is 2.28. The Labute approximate surface area is 149 Å². The van der Waals surface area contributed by atoms with E-state index in [9.17, 15) is 19.8 Å². The fraction of sp³-hybridized carbons (Fsp3) is 0.667. The van der Waals surface area contributed by atoms with E-state index in [1.165, 1.54) is 12.3 Å². The number of aliphatic hydroxyl groups excluding tert-OH is 3. The smallest absolute Gasteiger partial charge is 0.351 e. The molecule has 1 aromatic rings. The molecular formula is C15H25N5O6. The number of carbonyl (C=O) groups excluding carboxylic acids is 1. The molecule has 146 valence electrons. The van der Waals surface area contributed by atoms with Crippen LogP contribution < -0.4 is 22.5 Å². The molecule has 0 spiro atoms. The lowest BCUT2D eigenvalue weighted by Crippen LogP contribution is -2.38. The Balaban J connectivity index is 2.03. The molecule has 1 saturated heterocycles. The lowest BCUT2D eigenvalue weighted by molar-refractivity contribution is -0.117. The van der Waals surface area contributed by atoms with Crippen LogP contribution in [0.2, 0.25) is 0 Å². The first-order valence-electron chi connectivity index (χ1n) is 8.37. The molecule has 1 fully saturated rings. The summed E-state index contributed by atoms with van der Waals surface area (Å²) in [6.45, 7) is 0.0160. The van der Waals surface area contributed by atoms with Gasteiger partial charge >= 0.3 is 5.69 Å². The maximum atomic E-state index is 12.2. The average molecular weight is 371 g/mol. The number of hydrogen-bond donors (Lipinski definition) is 6. The molecule has 1 aliphatic rings. The molecular weight excluding hydrogens is 346 g/mol. The standard InChI is InChI=1S/C15H25N5O6/c16-5-2-1-3-8(17)13(24)18-10-4-6-20(15(25)19-10)14-12(23)11(22)9(7-21)26-14/h4,6,8-9,11-12,14,21-23H,1-3,5,7,16-17H2,(H,18,19,24,25)/t8-,9+,11+,12+,14+/m0/s1. The van der Waals surface area contributed by atoms with E-state index in [2.05, 4.69) is 10.3 Å². The number of anilines is 1. The maximum absolute atomic E-state index is 12.2. The summed E-state index contributed by atoms with van der Waals surface area (Å²) in [5, 5.41) is 31.3. The van der Waals surface area contributed by atoms with E-state index in [-0.39, 0.29) is 5.82 Å². The molecule has 0 radical (unpaired) electrons. The number of aliphatic hydroxyl groups is 3. The monoisotopic (exact) mass is 371 g/mol. The lowest BCUT2D eigenvalue weighted by atomic mass is 10.1. The Kier molecular flexibility index (Phi) is 7.20. The van der Waals surface area contributed by atoms with Crippen molar-refractivity contribution in [3.63, 3.8) is 0 Å². The summed E-state index contributed by atoms with van der Waals surface area (Å²) in [5.41, 5.74) is 10.4. The molecule has 26 heavy (non-hydrogen) atoms. The van der Waals surface area contributed by atoms with Crippen molar-refractivity contribution in [2.24, 2.45) is 11.5 Å². The summed E-state index contributed by atoms with van der Waals surface area (Å²) in [7, 11) is 0. The van der Waals surface area contributed by atoms with E-state index >= 15 is 0 Å². The second-order valence-electron chi connectivity index (χ2n) is 6.11. The Hall–Kier alpha value is -1.89. The van der Waals surface area contributed by atoms with Gasteiger partial charge in [0.05, 0.1) is 12.6 Å². The predicted octanol–water partition coefficient (Wildman–Crippen LogP) is -2.75. The zero-order valence-electron chi connectivity index (χ0n) is 14.2. The second kappa shape index (κ2) is 9.16. The predicted molar refractivity (Wildman–Crippen MR) is 91.0 cm³/mol. The summed E-state index contributed by atoms with van der Waals surface area (Å²) in [5.74, 6) is -0.461. The summed E-state index contributed by atoms with van der Waals surface area (Å²) in [6.07, 6.45) is -1.72. The van der Waals surface area contributed by atoms with Crippen molar-refractivity contribution >= 4 is 11.7 Å². The van der Waals surface area contributed by atoms with Gasteiger partial charge in [-0.25, -0.2) is 4.79 Å². The molecule has 8 N–H and O–H groups in total. The van der Waals surface area contributed by atoms with Crippen LogP contribution in [0, 0.1) is 0 Å². The van der Waals surface area contributed by atoms with Gasteiger partial charge in [-0.1, -0.05) is 6.42 Å². The maximum Gasteiger partial charge on any atom is 0.351 e. The van der Waals surface area contributed by atoms with E-state index in [0.29, 0.717) is 19.4 Å². The molecule has 1 aliphatic heterocycles. The zero-order valence-corrected chi connectivity index (χ0v) is 14.2. The highest BCUT2D eigenvalue weighted by Gasteiger charge is 2.43. The number of carbonyl (C=O) groups is 1. The van der Waals surface area contributed by atoms with Crippen LogP contribution >= 0.6 is 0 Å². The van der Waals surface area contributed by atoms with Gasteiger partial charge in [0, 0.05) is 6.20 Å². The van der Waals surface area contributed by atoms with Gasteiger partial charge in [-0.3, -0.25) is 9.36 Å². The van der Waals surface area contributed by atoms with Crippen molar-refractivity contribution in [1.82, 2.24) is 9.55 Å². The molecule has 2 rings (SSSR count). The van der Waals surface area contributed by atoms with Gasteiger partial charge in [-0.05, 0) is 25.5 Å². The number of hydrogen-bond acceptors (Lipinski definition) is 9. The van der Waals surface area contributed by atoms with Crippen LogP contribution in [0.3, 0.4) is 0 Å². The van der Waals surface area contributed by atoms with Gasteiger partial charge in [0.25, 0.3) is 0 Å². The third kappa shape index (κ3) is 4.63. The van der Waals surface area contributed by atoms with Crippen molar-refractivity contribution in [2.45, 2.75) is 49.8 Å². The summed E-state index contributed by atoms with van der Waals surface area (Å²) in [4.78, 5) is 27.9. The highest BCUT2D eigenvalue weighted by molar-refractivity contribution is 5.93. The number of amides is 1. The average Bonchev–Trinajstić information content (AvgIpc) is 2.90. The van der Waals surface area contributed by atoms with Crippen LogP contribution in [-0.4, -0.2) is 68.3 Å². The lowest BCUT2D eigenvalue weighted by Gasteiger charge is -2.17. The summed E-state index contributed by atoms with van der Waals surface area (Å²) >= 11 is 0. The van der Waals surface area contributed by atoms with Crippen molar-refractivity contribution in [3.8, 4) is 0 Å². The Morgan fingerprint density at radius 3 is 2.69 bits per heavy atom. The summed E-state index contributed by atoms with van der Waals surface area (Å²) < 4.78 is 6.24. The molecule has 2 heterocycles. The number of nitrogens with zero attached hydrogens (tertiary/aromatic N) is 2. The van der Waals surface area contributed by atoms with Gasteiger partial charge in [0.1, 0.15) is 24.1 Å². The number of unbranched alkanes of at least 4 members (excludes halogenated alkanes) is 1. The molecule has 1 aromatic heterocycles. The van der Waals surface area contributed by atoms with E-state index in [4.69, 9.17) is 21.3 Å². The molecule has 0 saturated carbocycles. The van der Waals surface area contributed by atoms with Crippen LogP contribution in [0.15, 0.2) is 17.1 Å². The highest BCUT2D eigenvalue weighted by atomic mass is 16.6. The van der Waals surface area contributed by atoms with Crippen LogP contribution in [0.4, 0.5) is 5.82 Å². The Bertz CT molecular complexity index is 668.